The van der Waals surface area contributed by atoms with Gasteiger partial charge < -0.3 is 10.0 Å². The summed E-state index contributed by atoms with van der Waals surface area (Å²) in [5.74, 6) is 0. The van der Waals surface area contributed by atoms with Gasteiger partial charge in [-0.3, -0.25) is 14.9 Å². The van der Waals surface area contributed by atoms with Crippen LogP contribution < -0.4 is 4.90 Å². The van der Waals surface area contributed by atoms with Crippen LogP contribution in [0.4, 0.5) is 11.4 Å². The second-order valence-corrected chi connectivity index (χ2v) is 5.53. The highest BCUT2D eigenvalue weighted by atomic mass is 16.6. The number of nitro benzene ring substituents is 1. The quantitative estimate of drug-likeness (QED) is 0.520. The van der Waals surface area contributed by atoms with Crippen molar-refractivity contribution in [3.8, 4) is 0 Å². The van der Waals surface area contributed by atoms with Crippen molar-refractivity contribution in [2.75, 3.05) is 4.90 Å². The van der Waals surface area contributed by atoms with Gasteiger partial charge in [0.15, 0.2) is 6.29 Å². The molecule has 20 heavy (non-hydrogen) atoms. The summed E-state index contributed by atoms with van der Waals surface area (Å²) in [6, 6.07) is 4.53. The molecule has 2 saturated heterocycles. The molecule has 0 aliphatic carbocycles. The molecule has 0 spiro atoms. The third-order valence-electron chi connectivity index (χ3n) is 4.42. The first kappa shape index (κ1) is 13.1. The average molecular weight is 276 g/mol. The first-order valence-corrected chi connectivity index (χ1v) is 6.81. The van der Waals surface area contributed by atoms with Gasteiger partial charge in [0.1, 0.15) is 11.4 Å². The van der Waals surface area contributed by atoms with E-state index in [1.807, 2.05) is 0 Å². The Morgan fingerprint density at radius 2 is 2.20 bits per heavy atom. The zero-order valence-corrected chi connectivity index (χ0v) is 11.0. The zero-order valence-electron chi connectivity index (χ0n) is 11.0. The number of carbonyl (C=O) groups is 1. The molecule has 0 aromatic heterocycles. The molecule has 2 fully saturated rings. The molecular weight excluding hydrogens is 260 g/mol. The van der Waals surface area contributed by atoms with Crippen molar-refractivity contribution in [3.05, 3.63) is 33.9 Å². The summed E-state index contributed by atoms with van der Waals surface area (Å²) < 4.78 is 0. The van der Waals surface area contributed by atoms with Crippen LogP contribution in [0.1, 0.15) is 42.5 Å². The summed E-state index contributed by atoms with van der Waals surface area (Å²) in [4.78, 5) is 23.7. The van der Waals surface area contributed by atoms with Crippen molar-refractivity contribution in [2.24, 2.45) is 0 Å². The highest BCUT2D eigenvalue weighted by Crippen LogP contribution is 2.48. The highest BCUT2D eigenvalue weighted by molar-refractivity contribution is 5.89. The molecule has 3 rings (SSSR count). The summed E-state index contributed by atoms with van der Waals surface area (Å²) in [6.45, 7) is 0. The number of benzene rings is 1. The third kappa shape index (κ3) is 1.79. The van der Waals surface area contributed by atoms with E-state index in [0.29, 0.717) is 19.1 Å². The number of rotatable bonds is 3. The number of hydrogen-bond acceptors (Lipinski definition) is 5. The Labute approximate surface area is 116 Å². The van der Waals surface area contributed by atoms with E-state index in [2.05, 4.69) is 0 Å². The predicted octanol–water partition coefficient (Wildman–Crippen LogP) is 2.25. The minimum atomic E-state index is -1.05. The van der Waals surface area contributed by atoms with Gasteiger partial charge in [-0.2, -0.15) is 0 Å². The van der Waals surface area contributed by atoms with Crippen LogP contribution in [-0.2, 0) is 0 Å². The van der Waals surface area contributed by atoms with E-state index in [4.69, 9.17) is 0 Å². The number of aliphatic hydroxyl groups is 1. The smallest absolute Gasteiger partial charge is 0.293 e. The molecule has 2 aliphatic heterocycles. The third-order valence-corrected chi connectivity index (χ3v) is 4.42. The largest absolute Gasteiger partial charge is 0.371 e. The van der Waals surface area contributed by atoms with Gasteiger partial charge in [0.25, 0.3) is 5.69 Å². The molecule has 1 aromatic rings. The lowest BCUT2D eigenvalue weighted by Gasteiger charge is -2.42. The fourth-order valence-corrected chi connectivity index (χ4v) is 3.57. The van der Waals surface area contributed by atoms with Crippen LogP contribution in [0.15, 0.2) is 18.2 Å². The standard InChI is InChI=1S/C14H16N2O4/c17-9-10-3-1-5-12(16(19)20)13(10)15-11-4-2-7-14(15,18)8-6-11/h1,3,5,9,11,18H,2,4,6-8H2. The van der Waals surface area contributed by atoms with Crippen LogP contribution in [0.3, 0.4) is 0 Å². The van der Waals surface area contributed by atoms with Crippen LogP contribution in [0.2, 0.25) is 0 Å². The van der Waals surface area contributed by atoms with Crippen molar-refractivity contribution >= 4 is 17.7 Å². The summed E-state index contributed by atoms with van der Waals surface area (Å²) in [6.07, 6.45) is 4.43. The summed E-state index contributed by atoms with van der Waals surface area (Å²) >= 11 is 0. The topological polar surface area (TPSA) is 83.7 Å². The molecule has 106 valence electrons. The van der Waals surface area contributed by atoms with Crippen LogP contribution >= 0.6 is 0 Å². The maximum atomic E-state index is 11.3. The Morgan fingerprint density at radius 1 is 1.40 bits per heavy atom. The first-order chi connectivity index (χ1) is 9.57. The number of nitrogens with zero attached hydrogens (tertiary/aromatic N) is 2. The number of aldehydes is 1. The van der Waals surface area contributed by atoms with Gasteiger partial charge >= 0.3 is 0 Å². The summed E-state index contributed by atoms with van der Waals surface area (Å²) in [7, 11) is 0. The maximum absolute atomic E-state index is 11.3. The zero-order chi connectivity index (χ0) is 14.3. The van der Waals surface area contributed by atoms with E-state index in [-0.39, 0.29) is 23.0 Å². The van der Waals surface area contributed by atoms with Crippen molar-refractivity contribution in [2.45, 2.75) is 43.9 Å². The van der Waals surface area contributed by atoms with E-state index in [1.54, 1.807) is 11.0 Å². The van der Waals surface area contributed by atoms with E-state index in [1.165, 1.54) is 12.1 Å². The predicted molar refractivity (Wildman–Crippen MR) is 72.8 cm³/mol. The van der Waals surface area contributed by atoms with Crippen LogP contribution in [0.25, 0.3) is 0 Å². The number of nitro groups is 1. The van der Waals surface area contributed by atoms with Crippen molar-refractivity contribution < 1.29 is 14.8 Å². The van der Waals surface area contributed by atoms with E-state index in [9.17, 15) is 20.0 Å². The fraction of sp³-hybridized carbons (Fsp3) is 0.500. The molecular formula is C14H16N2O4. The maximum Gasteiger partial charge on any atom is 0.293 e. The van der Waals surface area contributed by atoms with Gasteiger partial charge in [-0.25, -0.2) is 0 Å². The lowest BCUT2D eigenvalue weighted by Crippen LogP contribution is -2.51. The van der Waals surface area contributed by atoms with Crippen molar-refractivity contribution in [1.82, 2.24) is 0 Å². The highest BCUT2D eigenvalue weighted by Gasteiger charge is 2.49. The molecule has 2 unspecified atom stereocenters. The van der Waals surface area contributed by atoms with Gasteiger partial charge in [-0.15, -0.1) is 0 Å². The molecule has 2 heterocycles. The fourth-order valence-electron chi connectivity index (χ4n) is 3.57. The Balaban J connectivity index is 2.18. The number of piperidine rings is 1. The molecule has 1 N–H and O–H groups in total. The summed E-state index contributed by atoms with van der Waals surface area (Å²) in [5.41, 5.74) is -0.613. The molecule has 2 bridgehead atoms. The Hall–Kier alpha value is -1.95. The van der Waals surface area contributed by atoms with Crippen molar-refractivity contribution in [3.63, 3.8) is 0 Å². The second-order valence-electron chi connectivity index (χ2n) is 5.53. The minimum Gasteiger partial charge on any atom is -0.371 e. The number of hydrogen-bond donors (Lipinski definition) is 1. The van der Waals surface area contributed by atoms with E-state index in [0.717, 1.165) is 19.3 Å². The molecule has 2 atom stereocenters. The van der Waals surface area contributed by atoms with Gasteiger partial charge in [-0.1, -0.05) is 6.07 Å². The Bertz CT molecular complexity index is 570. The normalized spacial score (nSPS) is 28.4. The van der Waals surface area contributed by atoms with E-state index < -0.39 is 10.6 Å². The summed E-state index contributed by atoms with van der Waals surface area (Å²) in [5, 5.41) is 22.0. The SMILES string of the molecule is O=Cc1cccc([N+](=O)[O-])c1N1C2CCCC1(O)CC2. The second kappa shape index (κ2) is 4.56. The molecule has 0 amide bonds. The van der Waals surface area contributed by atoms with E-state index >= 15 is 0 Å². The Morgan fingerprint density at radius 3 is 2.85 bits per heavy atom. The first-order valence-electron chi connectivity index (χ1n) is 6.81. The van der Waals surface area contributed by atoms with Crippen LogP contribution in [0, 0.1) is 10.1 Å². The van der Waals surface area contributed by atoms with Gasteiger partial charge in [0.2, 0.25) is 0 Å². The molecule has 6 nitrogen and oxygen atoms in total. The number of fused-ring (bicyclic) bond motifs is 2. The van der Waals surface area contributed by atoms with Crippen molar-refractivity contribution in [1.29, 1.82) is 0 Å². The number of carbonyl (C=O) groups excluding carboxylic acids is 1. The van der Waals surface area contributed by atoms with Gasteiger partial charge in [0, 0.05) is 17.7 Å². The molecule has 2 aliphatic rings. The van der Waals surface area contributed by atoms with Crippen LogP contribution in [-0.4, -0.2) is 28.1 Å². The number of anilines is 1. The molecule has 1 aromatic carbocycles. The average Bonchev–Trinajstić information content (AvgIpc) is 2.62. The lowest BCUT2D eigenvalue weighted by atomic mass is 9.97. The molecule has 0 saturated carbocycles. The van der Waals surface area contributed by atoms with Gasteiger partial charge in [0.05, 0.1) is 4.92 Å². The molecule has 6 heteroatoms. The number of para-hydroxylation sites is 1. The molecule has 0 radical (unpaired) electrons. The van der Waals surface area contributed by atoms with Crippen LogP contribution in [0.5, 0.6) is 0 Å². The lowest BCUT2D eigenvalue weighted by molar-refractivity contribution is -0.384. The minimum absolute atomic E-state index is 0.0774. The Kier molecular flexibility index (Phi) is 2.97. The van der Waals surface area contributed by atoms with Gasteiger partial charge in [-0.05, 0) is 38.2 Å². The monoisotopic (exact) mass is 276 g/mol.